The third kappa shape index (κ3) is 6.79. The lowest BCUT2D eigenvalue weighted by Gasteiger charge is -2.26. The zero-order valence-corrected chi connectivity index (χ0v) is 18.1. The maximum absolute atomic E-state index is 12.7. The molecule has 2 aromatic rings. The van der Waals surface area contributed by atoms with Crippen LogP contribution in [0, 0.1) is 0 Å². The molecule has 0 spiro atoms. The van der Waals surface area contributed by atoms with Crippen molar-refractivity contribution in [1.29, 1.82) is 0 Å². The molecule has 0 radical (unpaired) electrons. The molecule has 0 unspecified atom stereocenters. The van der Waals surface area contributed by atoms with Crippen molar-refractivity contribution in [2.24, 2.45) is 0 Å². The van der Waals surface area contributed by atoms with Crippen molar-refractivity contribution >= 4 is 23.4 Å². The van der Waals surface area contributed by atoms with Crippen molar-refractivity contribution in [3.63, 3.8) is 0 Å². The summed E-state index contributed by atoms with van der Waals surface area (Å²) in [4.78, 5) is 39.3. The van der Waals surface area contributed by atoms with Gasteiger partial charge < -0.3 is 25.4 Å². The van der Waals surface area contributed by atoms with Gasteiger partial charge in [-0.1, -0.05) is 24.3 Å². The standard InChI is InChI=1S/C23H28N4O5/c1-31-18-8-6-17(7-9-18)16-25-21(28)19-4-2-3-5-20(19)26-23(30)22(29)24-10-11-27-12-14-32-15-13-27/h2-9H,10-16H2,1H3,(H,24,29)(H,25,28)(H,26,30). The number of carbonyl (C=O) groups is 3. The number of benzene rings is 2. The Kier molecular flexibility index (Phi) is 8.59. The van der Waals surface area contributed by atoms with E-state index in [1.165, 1.54) is 0 Å². The van der Waals surface area contributed by atoms with Crippen LogP contribution in [0.3, 0.4) is 0 Å². The summed E-state index contributed by atoms with van der Waals surface area (Å²) in [7, 11) is 1.59. The maximum Gasteiger partial charge on any atom is 0.313 e. The maximum atomic E-state index is 12.7. The first-order chi connectivity index (χ1) is 15.6. The average Bonchev–Trinajstić information content (AvgIpc) is 2.83. The predicted octanol–water partition coefficient (Wildman–Crippen LogP) is 1.01. The van der Waals surface area contributed by atoms with Crippen molar-refractivity contribution in [2.75, 3.05) is 51.8 Å². The number of anilines is 1. The van der Waals surface area contributed by atoms with Crippen LogP contribution in [0.2, 0.25) is 0 Å². The molecule has 9 heteroatoms. The van der Waals surface area contributed by atoms with E-state index in [1.807, 2.05) is 24.3 Å². The summed E-state index contributed by atoms with van der Waals surface area (Å²) in [5.74, 6) is -1.19. The van der Waals surface area contributed by atoms with Gasteiger partial charge in [0.1, 0.15) is 5.75 Å². The fourth-order valence-electron chi connectivity index (χ4n) is 3.22. The van der Waals surface area contributed by atoms with E-state index in [2.05, 4.69) is 20.9 Å². The lowest BCUT2D eigenvalue weighted by molar-refractivity contribution is -0.136. The van der Waals surface area contributed by atoms with Crippen LogP contribution in [-0.2, 0) is 20.9 Å². The third-order valence-electron chi connectivity index (χ3n) is 5.06. The topological polar surface area (TPSA) is 109 Å². The summed E-state index contributed by atoms with van der Waals surface area (Å²) in [6, 6.07) is 13.9. The summed E-state index contributed by atoms with van der Waals surface area (Å²) >= 11 is 0. The van der Waals surface area contributed by atoms with Crippen LogP contribution < -0.4 is 20.7 Å². The van der Waals surface area contributed by atoms with Gasteiger partial charge in [-0.2, -0.15) is 0 Å². The van der Waals surface area contributed by atoms with Gasteiger partial charge in [0.05, 0.1) is 31.6 Å². The molecule has 3 amide bonds. The van der Waals surface area contributed by atoms with E-state index in [0.29, 0.717) is 32.8 Å². The number of carbonyl (C=O) groups excluding carboxylic acids is 3. The Morgan fingerprint density at radius 1 is 0.969 bits per heavy atom. The molecule has 0 saturated carbocycles. The fraction of sp³-hybridized carbons (Fsp3) is 0.348. The van der Waals surface area contributed by atoms with Gasteiger partial charge in [0.2, 0.25) is 0 Å². The van der Waals surface area contributed by atoms with Crippen LogP contribution in [0.4, 0.5) is 5.69 Å². The highest BCUT2D eigenvalue weighted by Crippen LogP contribution is 2.16. The van der Waals surface area contributed by atoms with Gasteiger partial charge >= 0.3 is 11.8 Å². The minimum atomic E-state index is -0.817. The number of methoxy groups -OCH3 is 1. The van der Waals surface area contributed by atoms with Gasteiger partial charge in [-0.25, -0.2) is 0 Å². The monoisotopic (exact) mass is 440 g/mol. The van der Waals surface area contributed by atoms with Gasteiger partial charge in [0.15, 0.2) is 0 Å². The molecule has 1 saturated heterocycles. The highest BCUT2D eigenvalue weighted by Gasteiger charge is 2.18. The minimum absolute atomic E-state index is 0.271. The van der Waals surface area contributed by atoms with E-state index >= 15 is 0 Å². The lowest BCUT2D eigenvalue weighted by atomic mass is 10.1. The first-order valence-electron chi connectivity index (χ1n) is 10.5. The number of hydrogen-bond donors (Lipinski definition) is 3. The van der Waals surface area contributed by atoms with Gasteiger partial charge in [0.25, 0.3) is 5.91 Å². The molecular weight excluding hydrogens is 412 g/mol. The van der Waals surface area contributed by atoms with E-state index < -0.39 is 11.8 Å². The summed E-state index contributed by atoms with van der Waals surface area (Å²) in [5.41, 5.74) is 1.45. The molecule has 3 rings (SSSR count). The number of ether oxygens (including phenoxy) is 2. The van der Waals surface area contributed by atoms with Crippen molar-refractivity contribution in [3.05, 3.63) is 59.7 Å². The zero-order chi connectivity index (χ0) is 22.8. The van der Waals surface area contributed by atoms with E-state index in [0.717, 1.165) is 24.4 Å². The number of amides is 3. The van der Waals surface area contributed by atoms with E-state index in [-0.39, 0.29) is 17.2 Å². The van der Waals surface area contributed by atoms with Crippen LogP contribution in [0.5, 0.6) is 5.75 Å². The summed E-state index contributed by atoms with van der Waals surface area (Å²) in [6.07, 6.45) is 0. The first kappa shape index (κ1) is 23.2. The molecule has 1 heterocycles. The second kappa shape index (κ2) is 11.8. The number of para-hydroxylation sites is 1. The molecule has 1 aliphatic heterocycles. The van der Waals surface area contributed by atoms with Crippen LogP contribution in [0.15, 0.2) is 48.5 Å². The Labute approximate surface area is 187 Å². The molecule has 3 N–H and O–H groups in total. The largest absolute Gasteiger partial charge is 0.497 e. The fourth-order valence-corrected chi connectivity index (χ4v) is 3.22. The smallest absolute Gasteiger partial charge is 0.313 e. The molecule has 0 aromatic heterocycles. The van der Waals surface area contributed by atoms with Gasteiger partial charge in [-0.15, -0.1) is 0 Å². The highest BCUT2D eigenvalue weighted by atomic mass is 16.5. The Balaban J connectivity index is 1.51. The predicted molar refractivity (Wildman–Crippen MR) is 120 cm³/mol. The molecule has 32 heavy (non-hydrogen) atoms. The van der Waals surface area contributed by atoms with Crippen molar-refractivity contribution in [1.82, 2.24) is 15.5 Å². The van der Waals surface area contributed by atoms with E-state index in [9.17, 15) is 14.4 Å². The summed E-state index contributed by atoms with van der Waals surface area (Å²) in [6.45, 7) is 4.27. The van der Waals surface area contributed by atoms with Crippen molar-refractivity contribution in [3.8, 4) is 5.75 Å². The first-order valence-corrected chi connectivity index (χ1v) is 10.5. The minimum Gasteiger partial charge on any atom is -0.497 e. The zero-order valence-electron chi connectivity index (χ0n) is 18.1. The normalized spacial score (nSPS) is 13.8. The molecule has 0 aliphatic carbocycles. The second-order valence-electron chi connectivity index (χ2n) is 7.24. The van der Waals surface area contributed by atoms with Crippen LogP contribution in [0.1, 0.15) is 15.9 Å². The number of nitrogens with one attached hydrogen (secondary N) is 3. The van der Waals surface area contributed by atoms with Crippen molar-refractivity contribution in [2.45, 2.75) is 6.54 Å². The molecule has 0 atom stereocenters. The number of morpholine rings is 1. The lowest BCUT2D eigenvalue weighted by Crippen LogP contribution is -2.43. The van der Waals surface area contributed by atoms with E-state index in [1.54, 1.807) is 31.4 Å². The number of nitrogens with zero attached hydrogens (tertiary/aromatic N) is 1. The second-order valence-corrected chi connectivity index (χ2v) is 7.24. The summed E-state index contributed by atoms with van der Waals surface area (Å²) in [5, 5.41) is 7.96. The van der Waals surface area contributed by atoms with Crippen LogP contribution in [0.25, 0.3) is 0 Å². The Hall–Kier alpha value is -3.43. The van der Waals surface area contributed by atoms with Crippen molar-refractivity contribution < 1.29 is 23.9 Å². The third-order valence-corrected chi connectivity index (χ3v) is 5.06. The highest BCUT2D eigenvalue weighted by molar-refractivity contribution is 6.40. The molecule has 0 bridgehead atoms. The Morgan fingerprint density at radius 2 is 1.69 bits per heavy atom. The van der Waals surface area contributed by atoms with Crippen LogP contribution >= 0.6 is 0 Å². The number of hydrogen-bond acceptors (Lipinski definition) is 6. The number of rotatable bonds is 8. The SMILES string of the molecule is COc1ccc(CNC(=O)c2ccccc2NC(=O)C(=O)NCCN2CCOCC2)cc1. The Morgan fingerprint density at radius 3 is 2.41 bits per heavy atom. The molecule has 2 aromatic carbocycles. The Bertz CT molecular complexity index is 926. The molecule has 170 valence electrons. The molecule has 1 aliphatic rings. The van der Waals surface area contributed by atoms with Gasteiger partial charge in [0, 0.05) is 32.7 Å². The van der Waals surface area contributed by atoms with Crippen LogP contribution in [-0.4, -0.2) is 69.1 Å². The summed E-state index contributed by atoms with van der Waals surface area (Å²) < 4.78 is 10.4. The van der Waals surface area contributed by atoms with Gasteiger partial charge in [-0.3, -0.25) is 19.3 Å². The molecule has 1 fully saturated rings. The molecular formula is C23H28N4O5. The molecule has 9 nitrogen and oxygen atoms in total. The quantitative estimate of drug-likeness (QED) is 0.529. The van der Waals surface area contributed by atoms with Gasteiger partial charge in [-0.05, 0) is 29.8 Å². The average molecular weight is 441 g/mol. The van der Waals surface area contributed by atoms with E-state index in [4.69, 9.17) is 9.47 Å².